The Bertz CT molecular complexity index is 884. The van der Waals surface area contributed by atoms with Crippen molar-refractivity contribution < 1.29 is 13.2 Å². The zero-order valence-corrected chi connectivity index (χ0v) is 15.5. The van der Waals surface area contributed by atoms with Gasteiger partial charge in [0, 0.05) is 15.6 Å². The van der Waals surface area contributed by atoms with Crippen LogP contribution in [-0.4, -0.2) is 33.3 Å². The van der Waals surface area contributed by atoms with Crippen molar-refractivity contribution in [2.45, 2.75) is 0 Å². The Hall–Kier alpha value is -2.09. The summed E-state index contributed by atoms with van der Waals surface area (Å²) in [6.45, 7) is -0.416. The van der Waals surface area contributed by atoms with Crippen LogP contribution >= 0.6 is 23.2 Å². The summed E-state index contributed by atoms with van der Waals surface area (Å²) in [7, 11) is -3.65. The number of rotatable bonds is 6. The normalized spacial score (nSPS) is 11.5. The molecule has 1 amide bonds. The molecule has 25 heavy (non-hydrogen) atoms. The van der Waals surface area contributed by atoms with Crippen LogP contribution in [0.15, 0.2) is 53.6 Å². The number of hydrogen-bond donors (Lipinski definition) is 1. The van der Waals surface area contributed by atoms with E-state index in [9.17, 15) is 13.2 Å². The van der Waals surface area contributed by atoms with Crippen molar-refractivity contribution in [3.63, 3.8) is 0 Å². The van der Waals surface area contributed by atoms with E-state index in [-0.39, 0.29) is 0 Å². The lowest BCUT2D eigenvalue weighted by Gasteiger charge is -2.21. The standard InChI is InChI=1S/C16H15Cl2N3O3S/c1-25(23,24)21(14-8-6-13(17)7-9-14)11-16(22)20-19-10-12-4-2-3-5-15(12)18/h2-10H,11H2,1H3,(H,20,22)/b19-10-. The van der Waals surface area contributed by atoms with Gasteiger partial charge in [-0.15, -0.1) is 0 Å². The first kappa shape index (κ1) is 19.2. The molecule has 2 rings (SSSR count). The molecule has 0 aromatic heterocycles. The summed E-state index contributed by atoms with van der Waals surface area (Å²) < 4.78 is 24.9. The Morgan fingerprint density at radius 2 is 1.80 bits per heavy atom. The lowest BCUT2D eigenvalue weighted by molar-refractivity contribution is -0.119. The first-order valence-electron chi connectivity index (χ1n) is 7.07. The van der Waals surface area contributed by atoms with Crippen molar-refractivity contribution in [1.29, 1.82) is 0 Å². The molecule has 0 aliphatic rings. The second kappa shape index (κ2) is 8.33. The maximum absolute atomic E-state index is 12.0. The molecule has 0 aliphatic heterocycles. The lowest BCUT2D eigenvalue weighted by atomic mass is 10.2. The summed E-state index contributed by atoms with van der Waals surface area (Å²) in [6, 6.07) is 13.1. The Morgan fingerprint density at radius 1 is 1.16 bits per heavy atom. The number of nitrogens with one attached hydrogen (secondary N) is 1. The van der Waals surface area contributed by atoms with Gasteiger partial charge in [0.15, 0.2) is 0 Å². The summed E-state index contributed by atoms with van der Waals surface area (Å²) in [5.41, 5.74) is 3.24. The Balaban J connectivity index is 2.07. The van der Waals surface area contributed by atoms with E-state index in [2.05, 4.69) is 10.5 Å². The Kier molecular flexibility index (Phi) is 6.41. The Morgan fingerprint density at radius 3 is 2.40 bits per heavy atom. The molecule has 0 unspecified atom stereocenters. The predicted molar refractivity (Wildman–Crippen MR) is 101 cm³/mol. The van der Waals surface area contributed by atoms with Crippen LogP contribution in [0, 0.1) is 0 Å². The number of amides is 1. The number of hydrazone groups is 1. The van der Waals surface area contributed by atoms with Gasteiger partial charge in [0.1, 0.15) is 6.54 Å². The minimum atomic E-state index is -3.65. The van der Waals surface area contributed by atoms with Crippen molar-refractivity contribution >= 4 is 51.0 Å². The van der Waals surface area contributed by atoms with Gasteiger partial charge in [-0.05, 0) is 30.3 Å². The Labute approximate surface area is 156 Å². The van der Waals surface area contributed by atoms with Gasteiger partial charge < -0.3 is 0 Å². The molecule has 0 heterocycles. The summed E-state index contributed by atoms with van der Waals surface area (Å²) >= 11 is 11.8. The molecule has 9 heteroatoms. The van der Waals surface area contributed by atoms with Crippen LogP contribution in [0.5, 0.6) is 0 Å². The van der Waals surface area contributed by atoms with Crippen LogP contribution in [-0.2, 0) is 14.8 Å². The third-order valence-electron chi connectivity index (χ3n) is 3.10. The summed E-state index contributed by atoms with van der Waals surface area (Å²) in [5.74, 6) is -0.594. The average molecular weight is 400 g/mol. The molecule has 0 spiro atoms. The highest BCUT2D eigenvalue weighted by atomic mass is 35.5. The molecule has 2 aromatic carbocycles. The smallest absolute Gasteiger partial charge is 0.260 e. The van der Waals surface area contributed by atoms with Gasteiger partial charge >= 0.3 is 0 Å². The van der Waals surface area contributed by atoms with Crippen LogP contribution in [0.25, 0.3) is 0 Å². The number of carbonyl (C=O) groups is 1. The highest BCUT2D eigenvalue weighted by Crippen LogP contribution is 2.20. The number of halogens is 2. The minimum Gasteiger partial charge on any atom is -0.271 e. The highest BCUT2D eigenvalue weighted by molar-refractivity contribution is 7.92. The summed E-state index contributed by atoms with van der Waals surface area (Å²) in [4.78, 5) is 12.0. The third kappa shape index (κ3) is 5.74. The van der Waals surface area contributed by atoms with Gasteiger partial charge in [-0.2, -0.15) is 5.10 Å². The van der Waals surface area contributed by atoms with E-state index < -0.39 is 22.5 Å². The fraction of sp³-hybridized carbons (Fsp3) is 0.125. The van der Waals surface area contributed by atoms with E-state index in [1.165, 1.54) is 18.3 Å². The van der Waals surface area contributed by atoms with E-state index in [0.717, 1.165) is 10.6 Å². The SMILES string of the molecule is CS(=O)(=O)N(CC(=O)N/N=C\c1ccccc1Cl)c1ccc(Cl)cc1. The number of hydrogen-bond acceptors (Lipinski definition) is 4. The molecule has 0 saturated carbocycles. The van der Waals surface area contributed by atoms with Crippen molar-refractivity contribution in [3.8, 4) is 0 Å². The molecular weight excluding hydrogens is 385 g/mol. The molecule has 0 bridgehead atoms. The average Bonchev–Trinajstić information content (AvgIpc) is 2.54. The van der Waals surface area contributed by atoms with Crippen LogP contribution < -0.4 is 9.73 Å². The van der Waals surface area contributed by atoms with Crippen LogP contribution in [0.3, 0.4) is 0 Å². The molecule has 0 atom stereocenters. The fourth-order valence-electron chi connectivity index (χ4n) is 1.93. The lowest BCUT2D eigenvalue weighted by Crippen LogP contribution is -2.39. The number of benzene rings is 2. The highest BCUT2D eigenvalue weighted by Gasteiger charge is 2.20. The van der Waals surface area contributed by atoms with Crippen molar-refractivity contribution in [1.82, 2.24) is 5.43 Å². The first-order valence-corrected chi connectivity index (χ1v) is 9.67. The van der Waals surface area contributed by atoms with E-state index in [0.29, 0.717) is 21.3 Å². The quantitative estimate of drug-likeness (QED) is 0.598. The monoisotopic (exact) mass is 399 g/mol. The first-order chi connectivity index (χ1) is 11.8. The number of sulfonamides is 1. The van der Waals surface area contributed by atoms with E-state index in [1.807, 2.05) is 0 Å². The molecule has 2 aromatic rings. The van der Waals surface area contributed by atoms with E-state index >= 15 is 0 Å². The molecule has 1 N–H and O–H groups in total. The predicted octanol–water partition coefficient (Wildman–Crippen LogP) is 2.91. The van der Waals surface area contributed by atoms with Crippen LogP contribution in [0.2, 0.25) is 10.0 Å². The topological polar surface area (TPSA) is 78.8 Å². The third-order valence-corrected chi connectivity index (χ3v) is 4.84. The number of anilines is 1. The molecule has 132 valence electrons. The summed E-state index contributed by atoms with van der Waals surface area (Å²) in [6.07, 6.45) is 2.40. The van der Waals surface area contributed by atoms with Crippen molar-refractivity contribution in [3.05, 3.63) is 64.1 Å². The minimum absolute atomic E-state index is 0.331. The van der Waals surface area contributed by atoms with Gasteiger partial charge in [0.25, 0.3) is 5.91 Å². The second-order valence-corrected chi connectivity index (χ2v) is 7.81. The molecule has 0 aliphatic carbocycles. The maximum Gasteiger partial charge on any atom is 0.260 e. The zero-order chi connectivity index (χ0) is 18.4. The van der Waals surface area contributed by atoms with Gasteiger partial charge in [-0.3, -0.25) is 9.10 Å². The second-order valence-electron chi connectivity index (χ2n) is 5.06. The fourth-order valence-corrected chi connectivity index (χ4v) is 3.09. The largest absolute Gasteiger partial charge is 0.271 e. The van der Waals surface area contributed by atoms with E-state index in [1.54, 1.807) is 36.4 Å². The van der Waals surface area contributed by atoms with Gasteiger partial charge in [-0.1, -0.05) is 41.4 Å². The van der Waals surface area contributed by atoms with Crippen molar-refractivity contribution in [2.75, 3.05) is 17.1 Å². The maximum atomic E-state index is 12.0. The van der Waals surface area contributed by atoms with E-state index in [4.69, 9.17) is 23.2 Å². The van der Waals surface area contributed by atoms with Gasteiger partial charge in [0.2, 0.25) is 10.0 Å². The zero-order valence-electron chi connectivity index (χ0n) is 13.2. The van der Waals surface area contributed by atoms with Gasteiger partial charge in [0.05, 0.1) is 18.2 Å². The number of carbonyl (C=O) groups excluding carboxylic acids is 1. The molecule has 0 saturated heterocycles. The molecule has 6 nitrogen and oxygen atoms in total. The molecular formula is C16H15Cl2N3O3S. The molecule has 0 fully saturated rings. The summed E-state index contributed by atoms with van der Waals surface area (Å²) in [5, 5.41) is 4.74. The van der Waals surface area contributed by atoms with Crippen LogP contribution in [0.1, 0.15) is 5.56 Å². The van der Waals surface area contributed by atoms with Gasteiger partial charge in [-0.25, -0.2) is 13.8 Å². The van der Waals surface area contributed by atoms with Crippen LogP contribution in [0.4, 0.5) is 5.69 Å². The number of nitrogens with zero attached hydrogens (tertiary/aromatic N) is 2. The van der Waals surface area contributed by atoms with Crippen molar-refractivity contribution in [2.24, 2.45) is 5.10 Å². The molecule has 0 radical (unpaired) electrons.